The molecule has 1 amide bonds. The fourth-order valence-electron chi connectivity index (χ4n) is 3.19. The highest BCUT2D eigenvalue weighted by atomic mass is 32.1. The summed E-state index contributed by atoms with van der Waals surface area (Å²) < 4.78 is 0. The summed E-state index contributed by atoms with van der Waals surface area (Å²) in [6, 6.07) is 1.82. The van der Waals surface area contributed by atoms with Crippen molar-refractivity contribution in [3.63, 3.8) is 0 Å². The zero-order chi connectivity index (χ0) is 16.8. The second kappa shape index (κ2) is 8.30. The SMILES string of the molecule is CNC(=O)c1cc(C[C@H]2CCCN(Cc3cscn3)CC2)ncn1. The molecule has 1 fully saturated rings. The van der Waals surface area contributed by atoms with Crippen LogP contribution in [0.25, 0.3) is 0 Å². The van der Waals surface area contributed by atoms with E-state index in [-0.39, 0.29) is 5.91 Å². The number of nitrogens with zero attached hydrogens (tertiary/aromatic N) is 4. The van der Waals surface area contributed by atoms with Crippen molar-refractivity contribution < 1.29 is 4.79 Å². The number of thiazole rings is 1. The lowest BCUT2D eigenvalue weighted by molar-refractivity contribution is 0.0958. The Bertz CT molecular complexity index is 661. The van der Waals surface area contributed by atoms with Crippen LogP contribution >= 0.6 is 11.3 Å². The van der Waals surface area contributed by atoms with Crippen LogP contribution < -0.4 is 5.32 Å². The second-order valence-corrected chi connectivity index (χ2v) is 6.95. The number of nitrogens with one attached hydrogen (secondary N) is 1. The molecule has 1 atom stereocenters. The van der Waals surface area contributed by atoms with Gasteiger partial charge in [0.1, 0.15) is 12.0 Å². The Kier molecular flexibility index (Phi) is 5.87. The van der Waals surface area contributed by atoms with Crippen LogP contribution in [0.5, 0.6) is 0 Å². The lowest BCUT2D eigenvalue weighted by atomic mass is 9.95. The lowest BCUT2D eigenvalue weighted by Crippen LogP contribution is -2.24. The number of carbonyl (C=O) groups is 1. The summed E-state index contributed by atoms with van der Waals surface area (Å²) in [7, 11) is 1.62. The Balaban J connectivity index is 1.55. The first-order valence-corrected chi connectivity index (χ1v) is 9.31. The van der Waals surface area contributed by atoms with Crippen molar-refractivity contribution in [2.24, 2.45) is 5.92 Å². The molecule has 2 aromatic heterocycles. The van der Waals surface area contributed by atoms with Gasteiger partial charge >= 0.3 is 0 Å². The standard InChI is InChI=1S/C17H23N5OS/c1-18-17(23)16-8-14(19-11-20-16)7-13-3-2-5-22(6-4-13)9-15-10-24-12-21-15/h8,10-13H,2-7,9H2,1H3,(H,18,23)/t13-/m0/s1. The van der Waals surface area contributed by atoms with E-state index in [9.17, 15) is 4.79 Å². The number of carbonyl (C=O) groups excluding carboxylic acids is 1. The molecule has 1 N–H and O–H groups in total. The Morgan fingerprint density at radius 2 is 2.21 bits per heavy atom. The van der Waals surface area contributed by atoms with Gasteiger partial charge in [0.15, 0.2) is 0 Å². The molecule has 7 heteroatoms. The minimum absolute atomic E-state index is 0.158. The summed E-state index contributed by atoms with van der Waals surface area (Å²) in [4.78, 5) is 27.0. The average molecular weight is 345 g/mol. The fraction of sp³-hybridized carbons (Fsp3) is 0.529. The Hall–Kier alpha value is -1.86. The van der Waals surface area contributed by atoms with Crippen LogP contribution in [0.15, 0.2) is 23.3 Å². The second-order valence-electron chi connectivity index (χ2n) is 6.23. The fourth-order valence-corrected chi connectivity index (χ4v) is 3.74. The largest absolute Gasteiger partial charge is 0.354 e. The molecule has 1 aliphatic heterocycles. The third-order valence-electron chi connectivity index (χ3n) is 4.49. The first kappa shape index (κ1) is 17.0. The Morgan fingerprint density at radius 1 is 1.29 bits per heavy atom. The number of aromatic nitrogens is 3. The van der Waals surface area contributed by atoms with E-state index in [0.717, 1.165) is 38.2 Å². The maximum Gasteiger partial charge on any atom is 0.269 e. The molecule has 0 bridgehead atoms. The van der Waals surface area contributed by atoms with Crippen LogP contribution in [0.3, 0.4) is 0 Å². The van der Waals surface area contributed by atoms with E-state index in [1.807, 2.05) is 11.6 Å². The summed E-state index contributed by atoms with van der Waals surface area (Å²) in [6.07, 6.45) is 5.96. The van der Waals surface area contributed by atoms with Crippen molar-refractivity contribution in [1.82, 2.24) is 25.2 Å². The van der Waals surface area contributed by atoms with Crippen molar-refractivity contribution in [2.75, 3.05) is 20.1 Å². The van der Waals surface area contributed by atoms with Crippen LogP contribution in [0.4, 0.5) is 0 Å². The van der Waals surface area contributed by atoms with Gasteiger partial charge in [0.25, 0.3) is 5.91 Å². The average Bonchev–Trinajstić information content (AvgIpc) is 3.02. The maximum absolute atomic E-state index is 11.7. The summed E-state index contributed by atoms with van der Waals surface area (Å²) in [5.74, 6) is 0.451. The Labute approximate surface area is 146 Å². The molecule has 3 heterocycles. The maximum atomic E-state index is 11.7. The van der Waals surface area contributed by atoms with Crippen LogP contribution in [0.1, 0.15) is 41.1 Å². The zero-order valence-corrected chi connectivity index (χ0v) is 14.8. The van der Waals surface area contributed by atoms with E-state index in [2.05, 4.69) is 30.5 Å². The third-order valence-corrected chi connectivity index (χ3v) is 5.13. The first-order chi connectivity index (χ1) is 11.7. The van der Waals surface area contributed by atoms with Gasteiger partial charge < -0.3 is 5.32 Å². The molecule has 128 valence electrons. The van der Waals surface area contributed by atoms with Crippen LogP contribution in [-0.4, -0.2) is 45.9 Å². The quantitative estimate of drug-likeness (QED) is 0.899. The smallest absolute Gasteiger partial charge is 0.269 e. The first-order valence-electron chi connectivity index (χ1n) is 8.37. The van der Waals surface area contributed by atoms with Crippen molar-refractivity contribution in [3.8, 4) is 0 Å². The van der Waals surface area contributed by atoms with Gasteiger partial charge in [0, 0.05) is 24.7 Å². The highest BCUT2D eigenvalue weighted by molar-refractivity contribution is 7.07. The van der Waals surface area contributed by atoms with Gasteiger partial charge in [-0.1, -0.05) is 0 Å². The predicted molar refractivity (Wildman–Crippen MR) is 93.9 cm³/mol. The molecule has 0 unspecified atom stereocenters. The van der Waals surface area contributed by atoms with E-state index in [0.29, 0.717) is 11.6 Å². The Morgan fingerprint density at radius 3 is 3.00 bits per heavy atom. The predicted octanol–water partition coefficient (Wildman–Crippen LogP) is 2.14. The van der Waals surface area contributed by atoms with E-state index in [4.69, 9.17) is 0 Å². The zero-order valence-electron chi connectivity index (χ0n) is 13.9. The van der Waals surface area contributed by atoms with Crippen molar-refractivity contribution >= 4 is 17.2 Å². The van der Waals surface area contributed by atoms with Gasteiger partial charge in [-0.15, -0.1) is 11.3 Å². The van der Waals surface area contributed by atoms with Gasteiger partial charge in [0.2, 0.25) is 0 Å². The van der Waals surface area contributed by atoms with E-state index >= 15 is 0 Å². The number of rotatable bonds is 5. The third kappa shape index (κ3) is 4.58. The molecule has 1 aliphatic rings. The van der Waals surface area contributed by atoms with Crippen molar-refractivity contribution in [3.05, 3.63) is 40.4 Å². The normalized spacial score (nSPS) is 19.0. The van der Waals surface area contributed by atoms with Crippen LogP contribution in [-0.2, 0) is 13.0 Å². The summed E-state index contributed by atoms with van der Waals surface area (Å²) >= 11 is 1.66. The van der Waals surface area contributed by atoms with Gasteiger partial charge in [-0.25, -0.2) is 15.0 Å². The highest BCUT2D eigenvalue weighted by Gasteiger charge is 2.19. The molecule has 24 heavy (non-hydrogen) atoms. The molecular formula is C17H23N5OS. The summed E-state index contributed by atoms with van der Waals surface area (Å²) in [5.41, 5.74) is 4.47. The molecule has 3 rings (SSSR count). The van der Waals surface area contributed by atoms with E-state index < -0.39 is 0 Å². The molecular weight excluding hydrogens is 322 g/mol. The van der Waals surface area contributed by atoms with Crippen LogP contribution in [0.2, 0.25) is 0 Å². The topological polar surface area (TPSA) is 71.0 Å². The summed E-state index contributed by atoms with van der Waals surface area (Å²) in [5, 5.41) is 4.74. The minimum Gasteiger partial charge on any atom is -0.354 e. The lowest BCUT2D eigenvalue weighted by Gasteiger charge is -2.18. The van der Waals surface area contributed by atoms with Gasteiger partial charge in [0.05, 0.1) is 11.2 Å². The highest BCUT2D eigenvalue weighted by Crippen LogP contribution is 2.22. The molecule has 0 aromatic carbocycles. The minimum atomic E-state index is -0.158. The monoisotopic (exact) mass is 345 g/mol. The van der Waals surface area contributed by atoms with Gasteiger partial charge in [-0.05, 0) is 50.8 Å². The van der Waals surface area contributed by atoms with Crippen molar-refractivity contribution in [2.45, 2.75) is 32.2 Å². The molecule has 0 radical (unpaired) electrons. The molecule has 0 aliphatic carbocycles. The van der Waals surface area contributed by atoms with E-state index in [1.54, 1.807) is 18.4 Å². The molecule has 1 saturated heterocycles. The number of hydrogen-bond acceptors (Lipinski definition) is 6. The van der Waals surface area contributed by atoms with Gasteiger partial charge in [-0.3, -0.25) is 9.69 Å². The molecule has 0 saturated carbocycles. The molecule has 0 spiro atoms. The van der Waals surface area contributed by atoms with Crippen molar-refractivity contribution in [1.29, 1.82) is 0 Å². The number of hydrogen-bond donors (Lipinski definition) is 1. The van der Waals surface area contributed by atoms with Crippen LogP contribution in [0, 0.1) is 5.92 Å². The molecule has 6 nitrogen and oxygen atoms in total. The van der Waals surface area contributed by atoms with E-state index in [1.165, 1.54) is 24.9 Å². The number of likely N-dealkylation sites (tertiary alicyclic amines) is 1. The van der Waals surface area contributed by atoms with Gasteiger partial charge in [-0.2, -0.15) is 0 Å². The molecule has 2 aromatic rings. The number of amides is 1. The summed E-state index contributed by atoms with van der Waals surface area (Å²) in [6.45, 7) is 3.17.